The summed E-state index contributed by atoms with van der Waals surface area (Å²) in [4.78, 5) is 21.8. The number of amides is 1. The van der Waals surface area contributed by atoms with E-state index in [0.29, 0.717) is 5.69 Å². The number of nitro groups is 1. The van der Waals surface area contributed by atoms with Gasteiger partial charge in [0.1, 0.15) is 0 Å². The second-order valence-electron chi connectivity index (χ2n) is 4.81. The van der Waals surface area contributed by atoms with E-state index in [-0.39, 0.29) is 18.1 Å². The first-order valence-corrected chi connectivity index (χ1v) is 7.40. The number of hydrogen-bond acceptors (Lipinski definition) is 4. The smallest absolute Gasteiger partial charge is 0.306 e. The zero-order valence-corrected chi connectivity index (χ0v) is 13.7. The van der Waals surface area contributed by atoms with Crippen molar-refractivity contribution in [2.75, 3.05) is 17.2 Å². The maximum atomic E-state index is 13.2. The molecule has 6 nitrogen and oxygen atoms in total. The van der Waals surface area contributed by atoms with Crippen LogP contribution >= 0.6 is 15.9 Å². The van der Waals surface area contributed by atoms with Crippen molar-refractivity contribution in [3.63, 3.8) is 0 Å². The van der Waals surface area contributed by atoms with E-state index in [1.165, 1.54) is 6.07 Å². The van der Waals surface area contributed by atoms with Gasteiger partial charge < -0.3 is 10.6 Å². The van der Waals surface area contributed by atoms with E-state index in [0.717, 1.165) is 22.2 Å². The van der Waals surface area contributed by atoms with Gasteiger partial charge in [0.05, 0.1) is 17.2 Å². The number of carbonyl (C=O) groups excluding carboxylic acids is 1. The van der Waals surface area contributed by atoms with Gasteiger partial charge in [-0.05, 0) is 52.7 Å². The van der Waals surface area contributed by atoms with Gasteiger partial charge in [0, 0.05) is 16.2 Å². The van der Waals surface area contributed by atoms with E-state index in [2.05, 4.69) is 26.6 Å². The standard InChI is InChI=1S/C15H13BrFN3O3/c1-9-2-5-13(11(16)6-9)19-15(21)8-18-10-3-4-12(17)14(7-10)20(22)23/h2-7,18H,8H2,1H3,(H,19,21). The third kappa shape index (κ3) is 4.49. The van der Waals surface area contributed by atoms with E-state index in [9.17, 15) is 19.3 Å². The van der Waals surface area contributed by atoms with E-state index >= 15 is 0 Å². The fourth-order valence-corrected chi connectivity index (χ4v) is 2.45. The van der Waals surface area contributed by atoms with Crippen LogP contribution in [0.25, 0.3) is 0 Å². The summed E-state index contributed by atoms with van der Waals surface area (Å²) in [6, 6.07) is 8.85. The fraction of sp³-hybridized carbons (Fsp3) is 0.133. The lowest BCUT2D eigenvalue weighted by molar-refractivity contribution is -0.387. The molecule has 0 unspecified atom stereocenters. The number of nitrogens with zero attached hydrogens (tertiary/aromatic N) is 1. The zero-order chi connectivity index (χ0) is 17.0. The molecule has 0 spiro atoms. The summed E-state index contributed by atoms with van der Waals surface area (Å²) in [6.45, 7) is 1.82. The fourth-order valence-electron chi connectivity index (χ4n) is 1.86. The molecule has 2 rings (SSSR count). The Morgan fingerprint density at radius 3 is 2.70 bits per heavy atom. The van der Waals surface area contributed by atoms with Gasteiger partial charge in [0.15, 0.2) is 0 Å². The number of carbonyl (C=O) groups is 1. The molecule has 0 saturated heterocycles. The third-order valence-electron chi connectivity index (χ3n) is 2.99. The second-order valence-corrected chi connectivity index (χ2v) is 5.66. The summed E-state index contributed by atoms with van der Waals surface area (Å²) in [7, 11) is 0. The van der Waals surface area contributed by atoms with Crippen LogP contribution in [0.1, 0.15) is 5.56 Å². The zero-order valence-electron chi connectivity index (χ0n) is 12.1. The summed E-state index contributed by atoms with van der Waals surface area (Å²) < 4.78 is 14.0. The van der Waals surface area contributed by atoms with Crippen molar-refractivity contribution in [1.82, 2.24) is 0 Å². The number of nitrogens with one attached hydrogen (secondary N) is 2. The summed E-state index contributed by atoms with van der Waals surface area (Å²) in [6.07, 6.45) is 0. The van der Waals surface area contributed by atoms with Crippen molar-refractivity contribution in [3.05, 3.63) is 62.4 Å². The molecule has 1 amide bonds. The second kappa shape index (κ2) is 7.19. The van der Waals surface area contributed by atoms with Crippen molar-refractivity contribution >= 4 is 38.9 Å². The van der Waals surface area contributed by atoms with Crippen LogP contribution in [0.5, 0.6) is 0 Å². The van der Waals surface area contributed by atoms with Gasteiger partial charge in [-0.15, -0.1) is 0 Å². The molecule has 8 heteroatoms. The number of rotatable bonds is 5. The molecule has 2 aromatic carbocycles. The number of aryl methyl sites for hydroxylation is 1. The molecule has 0 fully saturated rings. The molecule has 0 saturated carbocycles. The first kappa shape index (κ1) is 16.9. The Labute approximate surface area is 140 Å². The minimum Gasteiger partial charge on any atom is -0.376 e. The normalized spacial score (nSPS) is 10.2. The van der Waals surface area contributed by atoms with E-state index in [4.69, 9.17) is 0 Å². The van der Waals surface area contributed by atoms with Gasteiger partial charge in [-0.3, -0.25) is 14.9 Å². The Kier molecular flexibility index (Phi) is 5.28. The first-order chi connectivity index (χ1) is 10.9. The molecule has 2 N–H and O–H groups in total. The highest BCUT2D eigenvalue weighted by Crippen LogP contribution is 2.24. The first-order valence-electron chi connectivity index (χ1n) is 6.60. The maximum Gasteiger partial charge on any atom is 0.306 e. The minimum absolute atomic E-state index is 0.108. The van der Waals surface area contributed by atoms with Crippen molar-refractivity contribution in [1.29, 1.82) is 0 Å². The molecule has 0 radical (unpaired) electrons. The van der Waals surface area contributed by atoms with E-state index < -0.39 is 16.4 Å². The van der Waals surface area contributed by atoms with Crippen LogP contribution in [-0.4, -0.2) is 17.4 Å². The molecule has 120 valence electrons. The maximum absolute atomic E-state index is 13.2. The summed E-state index contributed by atoms with van der Waals surface area (Å²) in [5.41, 5.74) is 1.31. The van der Waals surface area contributed by atoms with Crippen LogP contribution in [0, 0.1) is 22.9 Å². The highest BCUT2D eigenvalue weighted by molar-refractivity contribution is 9.10. The largest absolute Gasteiger partial charge is 0.376 e. The number of hydrogen-bond donors (Lipinski definition) is 2. The third-order valence-corrected chi connectivity index (χ3v) is 3.65. The summed E-state index contributed by atoms with van der Waals surface area (Å²) in [5.74, 6) is -1.25. The predicted octanol–water partition coefficient (Wildman–Crippen LogP) is 3.86. The Balaban J connectivity index is 1.99. The average Bonchev–Trinajstić information content (AvgIpc) is 2.49. The van der Waals surface area contributed by atoms with Crippen molar-refractivity contribution in [2.24, 2.45) is 0 Å². The molecule has 0 aliphatic carbocycles. The number of halogens is 2. The SMILES string of the molecule is Cc1ccc(NC(=O)CNc2ccc(F)c([N+](=O)[O-])c2)c(Br)c1. The Morgan fingerprint density at radius 1 is 1.30 bits per heavy atom. The Morgan fingerprint density at radius 2 is 2.04 bits per heavy atom. The van der Waals surface area contributed by atoms with E-state index in [1.807, 2.05) is 19.1 Å². The summed E-state index contributed by atoms with van der Waals surface area (Å²) in [5, 5.41) is 16.1. The van der Waals surface area contributed by atoms with Gasteiger partial charge in [-0.2, -0.15) is 4.39 Å². The molecular formula is C15H13BrFN3O3. The molecule has 0 atom stereocenters. The van der Waals surface area contributed by atoms with Crippen molar-refractivity contribution in [3.8, 4) is 0 Å². The molecule has 0 aromatic heterocycles. The highest BCUT2D eigenvalue weighted by Gasteiger charge is 2.14. The van der Waals surface area contributed by atoms with Crippen LogP contribution in [-0.2, 0) is 4.79 Å². The molecule has 0 heterocycles. The molecule has 23 heavy (non-hydrogen) atoms. The quantitative estimate of drug-likeness (QED) is 0.608. The average molecular weight is 382 g/mol. The van der Waals surface area contributed by atoms with Crippen molar-refractivity contribution in [2.45, 2.75) is 6.92 Å². The summed E-state index contributed by atoms with van der Waals surface area (Å²) >= 11 is 3.35. The van der Waals surface area contributed by atoms with Crippen LogP contribution in [0.15, 0.2) is 40.9 Å². The molecule has 0 aliphatic heterocycles. The molecule has 0 aliphatic rings. The number of nitro benzene ring substituents is 1. The van der Waals surface area contributed by atoms with Gasteiger partial charge in [-0.1, -0.05) is 6.07 Å². The lowest BCUT2D eigenvalue weighted by Gasteiger charge is -2.10. The van der Waals surface area contributed by atoms with E-state index in [1.54, 1.807) is 6.07 Å². The Hall–Kier alpha value is -2.48. The molecular weight excluding hydrogens is 369 g/mol. The van der Waals surface area contributed by atoms with Crippen LogP contribution in [0.3, 0.4) is 0 Å². The highest BCUT2D eigenvalue weighted by atomic mass is 79.9. The Bertz CT molecular complexity index is 768. The minimum atomic E-state index is -0.923. The van der Waals surface area contributed by atoms with Gasteiger partial charge in [-0.25, -0.2) is 0 Å². The van der Waals surface area contributed by atoms with Crippen LogP contribution < -0.4 is 10.6 Å². The van der Waals surface area contributed by atoms with Crippen LogP contribution in [0.2, 0.25) is 0 Å². The molecule has 2 aromatic rings. The lowest BCUT2D eigenvalue weighted by atomic mass is 10.2. The van der Waals surface area contributed by atoms with Gasteiger partial charge in [0.25, 0.3) is 0 Å². The van der Waals surface area contributed by atoms with Crippen LogP contribution in [0.4, 0.5) is 21.5 Å². The number of anilines is 2. The van der Waals surface area contributed by atoms with Gasteiger partial charge >= 0.3 is 5.69 Å². The lowest BCUT2D eigenvalue weighted by Crippen LogP contribution is -2.22. The number of benzene rings is 2. The topological polar surface area (TPSA) is 84.3 Å². The monoisotopic (exact) mass is 381 g/mol. The van der Waals surface area contributed by atoms with Crippen molar-refractivity contribution < 1.29 is 14.1 Å². The van der Waals surface area contributed by atoms with Gasteiger partial charge in [0.2, 0.25) is 11.7 Å². The predicted molar refractivity (Wildman–Crippen MR) is 89.1 cm³/mol. The molecule has 0 bridgehead atoms.